The number of nitrogens with one attached hydrogen (secondary N) is 1. The number of hydrogen-bond acceptors (Lipinski definition) is 7. The summed E-state index contributed by atoms with van der Waals surface area (Å²) in [6.45, 7) is 4.65. The molecule has 2 heterocycles. The summed E-state index contributed by atoms with van der Waals surface area (Å²) in [6, 6.07) is 17.5. The van der Waals surface area contributed by atoms with Crippen LogP contribution in [0.25, 0.3) is 16.5 Å². The molecule has 202 valence electrons. The zero-order chi connectivity index (χ0) is 28.5. The third-order valence-electron chi connectivity index (χ3n) is 5.88. The number of benzene rings is 2. The summed E-state index contributed by atoms with van der Waals surface area (Å²) in [5.41, 5.74) is 13.4. The predicted octanol–water partition coefficient (Wildman–Crippen LogP) is 3.00. The van der Waals surface area contributed by atoms with E-state index in [-0.39, 0.29) is 12.2 Å². The first-order chi connectivity index (χ1) is 18.6. The Kier molecular flexibility index (Phi) is 9.69. The lowest BCUT2D eigenvalue weighted by Gasteiger charge is -2.28. The molecule has 0 fully saturated rings. The van der Waals surface area contributed by atoms with Crippen molar-refractivity contribution in [2.24, 2.45) is 11.5 Å². The number of carboxylic acids is 1. The van der Waals surface area contributed by atoms with Crippen LogP contribution < -0.4 is 11.5 Å². The predicted molar refractivity (Wildman–Crippen MR) is 146 cm³/mol. The van der Waals surface area contributed by atoms with Gasteiger partial charge in [0.1, 0.15) is 11.8 Å². The van der Waals surface area contributed by atoms with E-state index in [1.54, 1.807) is 30.5 Å². The van der Waals surface area contributed by atoms with Gasteiger partial charge in [0.05, 0.1) is 24.4 Å². The van der Waals surface area contributed by atoms with Crippen LogP contribution in [0.15, 0.2) is 90.2 Å². The monoisotopic (exact) mass is 530 g/mol. The maximum atomic E-state index is 12.2. The van der Waals surface area contributed by atoms with E-state index < -0.39 is 36.4 Å². The number of carbonyl (C=O) groups is 4. The zero-order valence-corrected chi connectivity index (χ0v) is 21.4. The van der Waals surface area contributed by atoms with Crippen LogP contribution in [0.2, 0.25) is 0 Å². The number of nitrogens with zero attached hydrogens (tertiary/aromatic N) is 1. The van der Waals surface area contributed by atoms with Gasteiger partial charge in [-0.25, -0.2) is 4.79 Å². The average molecular weight is 531 g/mol. The number of imide groups is 1. The number of amides is 2. The Morgan fingerprint density at radius 1 is 1.03 bits per heavy atom. The number of furan rings is 1. The van der Waals surface area contributed by atoms with Crippen molar-refractivity contribution in [1.29, 1.82) is 0 Å². The molecule has 10 heteroatoms. The van der Waals surface area contributed by atoms with Crippen LogP contribution in [-0.4, -0.2) is 57.2 Å². The Hall–Kier alpha value is -4.80. The molecule has 2 amide bonds. The molecule has 0 saturated carbocycles. The minimum absolute atomic E-state index is 0.0381. The second-order valence-electron chi connectivity index (χ2n) is 8.66. The molecule has 10 nitrogen and oxygen atoms in total. The summed E-state index contributed by atoms with van der Waals surface area (Å²) in [7, 11) is 0. The first-order valence-corrected chi connectivity index (χ1v) is 12.1. The molecule has 39 heavy (non-hydrogen) atoms. The number of aliphatic carboxylic acids is 1. The summed E-state index contributed by atoms with van der Waals surface area (Å²) < 4.78 is 5.12. The fraction of sp³-hybridized carbons (Fsp3) is 0.172. The zero-order valence-electron chi connectivity index (χ0n) is 21.4. The van der Waals surface area contributed by atoms with Crippen molar-refractivity contribution in [3.8, 4) is 0 Å². The summed E-state index contributed by atoms with van der Waals surface area (Å²) in [5, 5.41) is 10.4. The van der Waals surface area contributed by atoms with E-state index in [0.717, 1.165) is 10.9 Å². The number of carbonyl (C=O) groups excluding carboxylic acids is 3. The smallest absolute Gasteiger partial charge is 0.327 e. The number of allylic oxidation sites excluding steroid dienone is 1. The van der Waals surface area contributed by atoms with Gasteiger partial charge in [-0.05, 0) is 30.7 Å². The quantitative estimate of drug-likeness (QED) is 0.189. The second kappa shape index (κ2) is 13.1. The van der Waals surface area contributed by atoms with Crippen LogP contribution in [0, 0.1) is 0 Å². The number of aromatic amines is 1. The third-order valence-corrected chi connectivity index (χ3v) is 5.88. The van der Waals surface area contributed by atoms with E-state index >= 15 is 0 Å². The summed E-state index contributed by atoms with van der Waals surface area (Å²) in [6.07, 6.45) is 3.16. The van der Waals surface area contributed by atoms with E-state index in [0.29, 0.717) is 27.4 Å². The Bertz CT molecular complexity index is 1460. The van der Waals surface area contributed by atoms with Gasteiger partial charge in [-0.15, -0.1) is 0 Å². The highest BCUT2D eigenvalue weighted by atomic mass is 16.4. The standard InChI is InChI=1S/C16H20N4O4.C13H10O2/c1-9(18)15(22)20(14(21)7-17)13(16(23)24)6-10-8-19-12-5-3-2-4-11(10)12;1-10(12-8-5-9-15-12)13(14)11-6-3-2-4-7-11/h2-5,8-9,13,19H,6-7,17-18H2,1H3,(H,23,24);2-9H,1H2. The summed E-state index contributed by atoms with van der Waals surface area (Å²) in [4.78, 5) is 51.6. The number of ketones is 1. The fourth-order valence-electron chi connectivity index (χ4n) is 3.89. The summed E-state index contributed by atoms with van der Waals surface area (Å²) in [5.74, 6) is -2.42. The van der Waals surface area contributed by atoms with Gasteiger partial charge in [-0.2, -0.15) is 0 Å². The molecule has 2 atom stereocenters. The van der Waals surface area contributed by atoms with Gasteiger partial charge >= 0.3 is 5.97 Å². The molecule has 6 N–H and O–H groups in total. The molecular weight excluding hydrogens is 500 g/mol. The van der Waals surface area contributed by atoms with Gasteiger partial charge in [0, 0.05) is 29.1 Å². The number of H-pyrrole nitrogens is 1. The van der Waals surface area contributed by atoms with Gasteiger partial charge in [0.2, 0.25) is 11.8 Å². The van der Waals surface area contributed by atoms with Crippen LogP contribution in [0.3, 0.4) is 0 Å². The molecular formula is C29H30N4O6. The molecule has 2 unspecified atom stereocenters. The van der Waals surface area contributed by atoms with Crippen molar-refractivity contribution in [1.82, 2.24) is 9.88 Å². The van der Waals surface area contributed by atoms with E-state index in [1.165, 1.54) is 13.2 Å². The number of hydrogen-bond donors (Lipinski definition) is 4. The summed E-state index contributed by atoms with van der Waals surface area (Å²) >= 11 is 0. The minimum atomic E-state index is -1.38. The Morgan fingerprint density at radius 3 is 2.28 bits per heavy atom. The van der Waals surface area contributed by atoms with Crippen LogP contribution in [0.5, 0.6) is 0 Å². The number of fused-ring (bicyclic) bond motifs is 1. The lowest BCUT2D eigenvalue weighted by Crippen LogP contribution is -2.55. The van der Waals surface area contributed by atoms with Gasteiger partial charge in [0.15, 0.2) is 5.78 Å². The normalized spacial score (nSPS) is 12.1. The van der Waals surface area contributed by atoms with E-state index in [1.807, 2.05) is 42.5 Å². The van der Waals surface area contributed by atoms with Crippen molar-refractivity contribution in [2.45, 2.75) is 25.4 Å². The number of carboxylic acid groups (broad SMARTS) is 1. The van der Waals surface area contributed by atoms with Crippen molar-refractivity contribution in [3.63, 3.8) is 0 Å². The maximum Gasteiger partial charge on any atom is 0.327 e. The highest BCUT2D eigenvalue weighted by molar-refractivity contribution is 6.27. The molecule has 4 aromatic rings. The Morgan fingerprint density at radius 2 is 1.69 bits per heavy atom. The molecule has 0 aliphatic rings. The highest BCUT2D eigenvalue weighted by Gasteiger charge is 2.36. The molecule has 2 aromatic heterocycles. The van der Waals surface area contributed by atoms with Crippen LogP contribution in [0.1, 0.15) is 28.6 Å². The van der Waals surface area contributed by atoms with Crippen molar-refractivity contribution in [2.75, 3.05) is 6.54 Å². The van der Waals surface area contributed by atoms with Crippen LogP contribution >= 0.6 is 0 Å². The second-order valence-corrected chi connectivity index (χ2v) is 8.66. The molecule has 0 bridgehead atoms. The highest BCUT2D eigenvalue weighted by Crippen LogP contribution is 2.21. The van der Waals surface area contributed by atoms with Gasteiger partial charge in [-0.3, -0.25) is 19.3 Å². The van der Waals surface area contributed by atoms with Gasteiger partial charge in [-0.1, -0.05) is 55.1 Å². The molecule has 4 rings (SSSR count). The lowest BCUT2D eigenvalue weighted by atomic mass is 10.0. The Balaban J connectivity index is 0.000000239. The molecule has 0 radical (unpaired) electrons. The fourth-order valence-corrected chi connectivity index (χ4v) is 3.89. The van der Waals surface area contributed by atoms with E-state index in [9.17, 15) is 24.3 Å². The molecule has 0 aliphatic heterocycles. The van der Waals surface area contributed by atoms with E-state index in [4.69, 9.17) is 15.9 Å². The first-order valence-electron chi connectivity index (χ1n) is 12.1. The first kappa shape index (κ1) is 28.8. The van der Waals surface area contributed by atoms with Crippen molar-refractivity contribution < 1.29 is 28.7 Å². The average Bonchev–Trinajstić information content (AvgIpc) is 3.63. The van der Waals surface area contributed by atoms with Crippen LogP contribution in [0.4, 0.5) is 0 Å². The van der Waals surface area contributed by atoms with E-state index in [2.05, 4.69) is 11.6 Å². The maximum absolute atomic E-state index is 12.2. The number of aromatic nitrogens is 1. The largest absolute Gasteiger partial charge is 0.480 e. The van der Waals surface area contributed by atoms with Crippen molar-refractivity contribution >= 4 is 40.0 Å². The van der Waals surface area contributed by atoms with Gasteiger partial charge in [0.25, 0.3) is 0 Å². The topological polar surface area (TPSA) is 173 Å². The molecule has 0 saturated heterocycles. The number of para-hydroxylation sites is 1. The van der Waals surface area contributed by atoms with Crippen LogP contribution in [-0.2, 0) is 20.8 Å². The molecule has 0 aliphatic carbocycles. The Labute approximate surface area is 224 Å². The number of nitrogens with two attached hydrogens (primary N) is 2. The SMILES string of the molecule is C=C(C(=O)c1ccccc1)c1ccco1.CC(N)C(=O)N(C(=O)CN)C(Cc1c[nH]c2ccccc12)C(=O)O. The molecule has 2 aromatic carbocycles. The minimum Gasteiger partial charge on any atom is -0.480 e. The molecule has 0 spiro atoms. The third kappa shape index (κ3) is 6.95. The lowest BCUT2D eigenvalue weighted by molar-refractivity contribution is -0.157. The number of Topliss-reactive ketones (excluding diaryl/α,β-unsaturated/α-hetero) is 1. The van der Waals surface area contributed by atoms with Crippen molar-refractivity contribution in [3.05, 3.63) is 103 Å². The number of rotatable bonds is 9. The van der Waals surface area contributed by atoms with Gasteiger partial charge < -0.3 is 26.0 Å².